The lowest BCUT2D eigenvalue weighted by molar-refractivity contribution is -0.139. The number of amides is 1. The van der Waals surface area contributed by atoms with E-state index in [4.69, 9.17) is 15.6 Å². The maximum absolute atomic E-state index is 12.8. The van der Waals surface area contributed by atoms with Crippen LogP contribution in [0.1, 0.15) is 16.1 Å². The summed E-state index contributed by atoms with van der Waals surface area (Å²) in [5.41, 5.74) is 8.91. The van der Waals surface area contributed by atoms with Crippen molar-refractivity contribution in [3.63, 3.8) is 0 Å². The highest BCUT2D eigenvalue weighted by Gasteiger charge is 2.25. The van der Waals surface area contributed by atoms with Crippen LogP contribution < -0.4 is 15.9 Å². The van der Waals surface area contributed by atoms with E-state index in [9.17, 15) is 9.59 Å². The van der Waals surface area contributed by atoms with E-state index in [1.165, 1.54) is 22.2 Å². The number of hydrogen-bond donors (Lipinski definition) is 3. The summed E-state index contributed by atoms with van der Waals surface area (Å²) < 4.78 is 11.1. The molecule has 0 radical (unpaired) electrons. The Morgan fingerprint density at radius 3 is 2.84 bits per heavy atom. The number of rotatable bonds is 8. The van der Waals surface area contributed by atoms with Crippen LogP contribution in [0.4, 0.5) is 5.82 Å². The standard InChI is InChI=1S/C18H14N8O5S/c19-16-17(24-31-23-16)26-15(12-6-3-7-32-12)14(21-25-26)18(29)22-20-8-10-4-1-2-5-11(10)30-9-13(27)28/h1-8H,9H2,(H2,19,23)(H,22,29)(H,27,28). The van der Waals surface area contributed by atoms with Crippen molar-refractivity contribution in [2.24, 2.45) is 5.10 Å². The van der Waals surface area contributed by atoms with E-state index in [0.717, 1.165) is 0 Å². The minimum atomic E-state index is -1.11. The second-order valence-corrected chi connectivity index (χ2v) is 7.02. The summed E-state index contributed by atoms with van der Waals surface area (Å²) in [6, 6.07) is 10.2. The number of ether oxygens (including phenoxy) is 1. The number of hydrazone groups is 1. The number of nitrogens with one attached hydrogen (secondary N) is 1. The van der Waals surface area contributed by atoms with Crippen LogP contribution in [-0.4, -0.2) is 55.1 Å². The zero-order valence-corrected chi connectivity index (χ0v) is 16.9. The molecule has 1 aromatic carbocycles. The number of thiophene rings is 1. The Morgan fingerprint density at radius 2 is 2.12 bits per heavy atom. The van der Waals surface area contributed by atoms with Crippen LogP contribution in [0.5, 0.6) is 5.75 Å². The van der Waals surface area contributed by atoms with Crippen molar-refractivity contribution in [3.05, 3.63) is 53.0 Å². The van der Waals surface area contributed by atoms with Gasteiger partial charge in [-0.05, 0) is 33.9 Å². The van der Waals surface area contributed by atoms with E-state index >= 15 is 0 Å². The third-order valence-corrected chi connectivity index (χ3v) is 4.85. The van der Waals surface area contributed by atoms with E-state index in [-0.39, 0.29) is 17.3 Å². The number of carbonyl (C=O) groups is 2. The van der Waals surface area contributed by atoms with Gasteiger partial charge in [-0.1, -0.05) is 23.4 Å². The molecule has 0 aliphatic rings. The zero-order valence-electron chi connectivity index (χ0n) is 16.1. The predicted molar refractivity (Wildman–Crippen MR) is 112 cm³/mol. The van der Waals surface area contributed by atoms with Crippen LogP contribution in [0.15, 0.2) is 51.5 Å². The van der Waals surface area contributed by atoms with Gasteiger partial charge >= 0.3 is 5.97 Å². The first-order valence-corrected chi connectivity index (χ1v) is 9.77. The molecule has 4 rings (SSSR count). The van der Waals surface area contributed by atoms with E-state index < -0.39 is 18.5 Å². The van der Waals surface area contributed by atoms with Crippen LogP contribution >= 0.6 is 11.3 Å². The average Bonchev–Trinajstić information content (AvgIpc) is 3.52. The number of hydrogen-bond acceptors (Lipinski definition) is 11. The highest BCUT2D eigenvalue weighted by atomic mass is 32.1. The molecular weight excluding hydrogens is 440 g/mol. The second kappa shape index (κ2) is 9.05. The molecule has 0 bridgehead atoms. The highest BCUT2D eigenvalue weighted by Crippen LogP contribution is 2.29. The van der Waals surface area contributed by atoms with Gasteiger partial charge < -0.3 is 15.6 Å². The van der Waals surface area contributed by atoms with Crippen LogP contribution in [0.3, 0.4) is 0 Å². The van der Waals surface area contributed by atoms with E-state index in [2.05, 4.69) is 35.8 Å². The third kappa shape index (κ3) is 4.29. The molecule has 4 N–H and O–H groups in total. The lowest BCUT2D eigenvalue weighted by atomic mass is 10.2. The van der Waals surface area contributed by atoms with Gasteiger partial charge in [-0.15, -0.1) is 16.4 Å². The van der Waals surface area contributed by atoms with Crippen molar-refractivity contribution in [1.82, 2.24) is 30.7 Å². The van der Waals surface area contributed by atoms with Crippen LogP contribution in [-0.2, 0) is 4.79 Å². The lowest BCUT2D eigenvalue weighted by Gasteiger charge is -2.06. The maximum Gasteiger partial charge on any atom is 0.341 e. The number of nitrogens with zero attached hydrogens (tertiary/aromatic N) is 6. The fraction of sp³-hybridized carbons (Fsp3) is 0.0556. The lowest BCUT2D eigenvalue weighted by Crippen LogP contribution is -2.19. The summed E-state index contributed by atoms with van der Waals surface area (Å²) in [7, 11) is 0. The van der Waals surface area contributed by atoms with Gasteiger partial charge in [-0.3, -0.25) is 4.79 Å². The molecule has 0 atom stereocenters. The molecule has 0 saturated carbocycles. The summed E-state index contributed by atoms with van der Waals surface area (Å²) in [5, 5.41) is 29.7. The third-order valence-electron chi connectivity index (χ3n) is 3.98. The van der Waals surface area contributed by atoms with Gasteiger partial charge in [0.05, 0.1) is 11.1 Å². The first kappa shape index (κ1) is 20.7. The Hall–Kier alpha value is -4.59. The second-order valence-electron chi connectivity index (χ2n) is 6.07. The number of aromatic nitrogens is 5. The maximum atomic E-state index is 12.8. The summed E-state index contributed by atoms with van der Waals surface area (Å²) in [4.78, 5) is 24.2. The Labute approximate surface area is 183 Å². The molecule has 4 aromatic rings. The predicted octanol–water partition coefficient (Wildman–Crippen LogP) is 1.19. The first-order valence-electron chi connectivity index (χ1n) is 8.89. The van der Waals surface area contributed by atoms with Gasteiger partial charge in [-0.25, -0.2) is 14.8 Å². The minimum Gasteiger partial charge on any atom is -0.481 e. The van der Waals surface area contributed by atoms with Crippen LogP contribution in [0.2, 0.25) is 0 Å². The van der Waals surface area contributed by atoms with Crippen LogP contribution in [0.25, 0.3) is 16.4 Å². The highest BCUT2D eigenvalue weighted by molar-refractivity contribution is 7.13. The summed E-state index contributed by atoms with van der Waals surface area (Å²) in [6.07, 6.45) is 1.32. The fourth-order valence-corrected chi connectivity index (χ4v) is 3.38. The number of carboxylic acid groups (broad SMARTS) is 1. The normalized spacial score (nSPS) is 11.0. The number of para-hydroxylation sites is 1. The Balaban J connectivity index is 1.58. The number of benzene rings is 1. The number of carbonyl (C=O) groups excluding carboxylic acids is 1. The molecular formula is C18H14N8O5S. The van der Waals surface area contributed by atoms with Crippen molar-refractivity contribution < 1.29 is 24.1 Å². The number of nitrogens with two attached hydrogens (primary N) is 1. The fourth-order valence-electron chi connectivity index (χ4n) is 2.63. The van der Waals surface area contributed by atoms with Crippen molar-refractivity contribution >= 4 is 35.2 Å². The molecule has 1 amide bonds. The molecule has 0 fully saturated rings. The molecule has 3 aromatic heterocycles. The average molecular weight is 454 g/mol. The van der Waals surface area contributed by atoms with Crippen molar-refractivity contribution in [1.29, 1.82) is 0 Å². The van der Waals surface area contributed by atoms with Gasteiger partial charge in [0.25, 0.3) is 5.91 Å². The Kier molecular flexibility index (Phi) is 5.85. The first-order chi connectivity index (χ1) is 15.5. The van der Waals surface area contributed by atoms with Crippen molar-refractivity contribution in [2.45, 2.75) is 0 Å². The number of carboxylic acids is 1. The molecule has 14 heteroatoms. The van der Waals surface area contributed by atoms with Crippen molar-refractivity contribution in [3.8, 4) is 22.1 Å². The largest absolute Gasteiger partial charge is 0.481 e. The van der Waals surface area contributed by atoms with Gasteiger partial charge in [0.2, 0.25) is 11.6 Å². The van der Waals surface area contributed by atoms with Gasteiger partial charge in [-0.2, -0.15) is 9.78 Å². The number of nitrogen functional groups attached to an aromatic ring is 1. The van der Waals surface area contributed by atoms with Crippen molar-refractivity contribution in [2.75, 3.05) is 12.3 Å². The molecule has 3 heterocycles. The van der Waals surface area contributed by atoms with Gasteiger partial charge in [0.15, 0.2) is 12.3 Å². The molecule has 0 unspecified atom stereocenters. The molecule has 0 saturated heterocycles. The van der Waals surface area contributed by atoms with E-state index in [0.29, 0.717) is 21.9 Å². The van der Waals surface area contributed by atoms with E-state index in [1.54, 1.807) is 36.4 Å². The molecule has 13 nitrogen and oxygen atoms in total. The molecule has 162 valence electrons. The molecule has 32 heavy (non-hydrogen) atoms. The molecule has 0 spiro atoms. The summed E-state index contributed by atoms with van der Waals surface area (Å²) in [6.45, 7) is -0.509. The van der Waals surface area contributed by atoms with Crippen LogP contribution in [0, 0.1) is 0 Å². The van der Waals surface area contributed by atoms with Gasteiger partial charge in [0, 0.05) is 5.56 Å². The zero-order chi connectivity index (χ0) is 22.5. The van der Waals surface area contributed by atoms with Gasteiger partial charge in [0.1, 0.15) is 11.4 Å². The Bertz CT molecular complexity index is 1280. The van der Waals surface area contributed by atoms with E-state index in [1.807, 2.05) is 5.38 Å². The molecule has 0 aliphatic carbocycles. The number of anilines is 1. The molecule has 0 aliphatic heterocycles. The summed E-state index contributed by atoms with van der Waals surface area (Å²) in [5.74, 6) is -1.39. The topological polar surface area (TPSA) is 184 Å². The Morgan fingerprint density at radius 1 is 1.28 bits per heavy atom. The quantitative estimate of drug-likeness (QED) is 0.258. The smallest absolute Gasteiger partial charge is 0.341 e. The summed E-state index contributed by atoms with van der Waals surface area (Å²) >= 11 is 1.36. The monoisotopic (exact) mass is 454 g/mol. The minimum absolute atomic E-state index is 0.0179. The SMILES string of the molecule is Nc1nonc1-n1nnc(C(=O)NN=Cc2ccccc2OCC(=O)O)c1-c1cccs1. The number of aliphatic carboxylic acids is 1.